The van der Waals surface area contributed by atoms with Crippen LogP contribution in [0, 0.1) is 5.92 Å². The summed E-state index contributed by atoms with van der Waals surface area (Å²) in [4.78, 5) is 13.0. The van der Waals surface area contributed by atoms with Crippen LogP contribution >= 0.6 is 0 Å². The average molecular weight is 279 g/mol. The van der Waals surface area contributed by atoms with Crippen molar-refractivity contribution in [1.82, 2.24) is 4.90 Å². The molecule has 0 aromatic heterocycles. The third kappa shape index (κ3) is 4.13. The van der Waals surface area contributed by atoms with E-state index in [4.69, 9.17) is 14.6 Å². The van der Waals surface area contributed by atoms with Crippen LogP contribution in [0.25, 0.3) is 0 Å². The molecular formula is C15H21NO4. The normalized spacial score (nSPS) is 18.9. The van der Waals surface area contributed by atoms with Crippen molar-refractivity contribution in [2.45, 2.75) is 13.3 Å². The zero-order valence-corrected chi connectivity index (χ0v) is 11.7. The molecule has 110 valence electrons. The second-order valence-electron chi connectivity index (χ2n) is 4.88. The van der Waals surface area contributed by atoms with Gasteiger partial charge in [-0.3, -0.25) is 9.69 Å². The molecule has 1 N–H and O–H groups in total. The molecule has 2 rings (SSSR count). The largest absolute Gasteiger partial charge is 0.494 e. The zero-order valence-electron chi connectivity index (χ0n) is 11.7. The number of hydrogen-bond donors (Lipinski definition) is 1. The van der Waals surface area contributed by atoms with Crippen LogP contribution in [0.4, 0.5) is 0 Å². The molecule has 1 aromatic rings. The van der Waals surface area contributed by atoms with Crippen molar-refractivity contribution in [3.05, 3.63) is 24.3 Å². The number of aliphatic carboxylic acids is 1. The number of benzene rings is 1. The molecule has 0 spiro atoms. The van der Waals surface area contributed by atoms with Gasteiger partial charge in [-0.05, 0) is 44.2 Å². The Kier molecular flexibility index (Phi) is 5.24. The average Bonchev–Trinajstić information content (AvgIpc) is 2.90. The van der Waals surface area contributed by atoms with Crippen molar-refractivity contribution in [1.29, 1.82) is 0 Å². The van der Waals surface area contributed by atoms with Crippen LogP contribution in [0.2, 0.25) is 0 Å². The summed E-state index contributed by atoms with van der Waals surface area (Å²) in [5.41, 5.74) is 0. The van der Waals surface area contributed by atoms with E-state index in [0.29, 0.717) is 19.8 Å². The summed E-state index contributed by atoms with van der Waals surface area (Å²) >= 11 is 0. The van der Waals surface area contributed by atoms with Crippen LogP contribution < -0.4 is 9.47 Å². The lowest BCUT2D eigenvalue weighted by atomic mass is 10.1. The van der Waals surface area contributed by atoms with E-state index >= 15 is 0 Å². The zero-order chi connectivity index (χ0) is 14.4. The summed E-state index contributed by atoms with van der Waals surface area (Å²) in [5.74, 6) is 0.728. The lowest BCUT2D eigenvalue weighted by Crippen LogP contribution is -2.27. The van der Waals surface area contributed by atoms with Gasteiger partial charge in [0.2, 0.25) is 0 Å². The molecular weight excluding hydrogens is 258 g/mol. The fraction of sp³-hybridized carbons (Fsp3) is 0.533. The van der Waals surface area contributed by atoms with Gasteiger partial charge < -0.3 is 14.6 Å². The summed E-state index contributed by atoms with van der Waals surface area (Å²) in [6, 6.07) is 7.54. The van der Waals surface area contributed by atoms with Crippen LogP contribution in [0.15, 0.2) is 24.3 Å². The summed E-state index contributed by atoms with van der Waals surface area (Å²) in [6.45, 7) is 5.40. The second kappa shape index (κ2) is 7.14. The van der Waals surface area contributed by atoms with Gasteiger partial charge in [-0.1, -0.05) is 0 Å². The van der Waals surface area contributed by atoms with Crippen molar-refractivity contribution < 1.29 is 19.4 Å². The Morgan fingerprint density at radius 2 is 1.95 bits per heavy atom. The van der Waals surface area contributed by atoms with Gasteiger partial charge in [0, 0.05) is 13.1 Å². The number of rotatable bonds is 7. The van der Waals surface area contributed by atoms with Gasteiger partial charge in [-0.2, -0.15) is 0 Å². The predicted octanol–water partition coefficient (Wildman–Crippen LogP) is 1.87. The molecule has 0 aliphatic carbocycles. The molecule has 1 aromatic carbocycles. The van der Waals surface area contributed by atoms with Gasteiger partial charge in [0.25, 0.3) is 0 Å². The summed E-state index contributed by atoms with van der Waals surface area (Å²) in [7, 11) is 0. The van der Waals surface area contributed by atoms with E-state index in [2.05, 4.69) is 4.90 Å². The Hall–Kier alpha value is -1.75. The summed E-state index contributed by atoms with van der Waals surface area (Å²) in [6.07, 6.45) is 0.735. The highest BCUT2D eigenvalue weighted by Gasteiger charge is 2.27. The Balaban J connectivity index is 1.69. The first-order chi connectivity index (χ1) is 9.69. The Bertz CT molecular complexity index is 432. The van der Waals surface area contributed by atoms with Crippen molar-refractivity contribution >= 4 is 5.97 Å². The smallest absolute Gasteiger partial charge is 0.307 e. The molecule has 5 nitrogen and oxygen atoms in total. The number of nitrogens with zero attached hydrogens (tertiary/aromatic N) is 1. The van der Waals surface area contributed by atoms with E-state index < -0.39 is 5.97 Å². The standard InChI is InChI=1S/C15H21NO4/c1-2-19-13-3-5-14(6-4-13)20-10-9-16-8-7-12(11-16)15(17)18/h3-6,12H,2,7-11H2,1H3,(H,17,18). The first kappa shape index (κ1) is 14.7. The van der Waals surface area contributed by atoms with Crippen LogP contribution in [0.3, 0.4) is 0 Å². The second-order valence-corrected chi connectivity index (χ2v) is 4.88. The monoisotopic (exact) mass is 279 g/mol. The van der Waals surface area contributed by atoms with Gasteiger partial charge in [-0.25, -0.2) is 0 Å². The van der Waals surface area contributed by atoms with Crippen LogP contribution in [-0.2, 0) is 4.79 Å². The minimum atomic E-state index is -0.695. The fourth-order valence-electron chi connectivity index (χ4n) is 2.33. The van der Waals surface area contributed by atoms with E-state index in [1.807, 2.05) is 31.2 Å². The first-order valence-corrected chi connectivity index (χ1v) is 7.00. The molecule has 20 heavy (non-hydrogen) atoms. The molecule has 0 radical (unpaired) electrons. The van der Waals surface area contributed by atoms with Crippen LogP contribution in [0.1, 0.15) is 13.3 Å². The Morgan fingerprint density at radius 1 is 1.30 bits per heavy atom. The third-order valence-electron chi connectivity index (χ3n) is 3.43. The van der Waals surface area contributed by atoms with E-state index in [0.717, 1.165) is 31.0 Å². The third-order valence-corrected chi connectivity index (χ3v) is 3.43. The highest BCUT2D eigenvalue weighted by Crippen LogP contribution is 2.18. The topological polar surface area (TPSA) is 59.0 Å². The number of ether oxygens (including phenoxy) is 2. The SMILES string of the molecule is CCOc1ccc(OCCN2CCC(C(=O)O)C2)cc1. The van der Waals surface area contributed by atoms with E-state index in [1.165, 1.54) is 0 Å². The molecule has 1 atom stereocenters. The molecule has 1 aliphatic rings. The molecule has 1 heterocycles. The number of likely N-dealkylation sites (tertiary alicyclic amines) is 1. The van der Waals surface area contributed by atoms with Crippen molar-refractivity contribution in [3.8, 4) is 11.5 Å². The van der Waals surface area contributed by atoms with E-state index in [9.17, 15) is 4.79 Å². The number of carbonyl (C=O) groups is 1. The van der Waals surface area contributed by atoms with E-state index in [1.54, 1.807) is 0 Å². The van der Waals surface area contributed by atoms with Crippen LogP contribution in [-0.4, -0.2) is 48.8 Å². The van der Waals surface area contributed by atoms with Crippen molar-refractivity contribution in [3.63, 3.8) is 0 Å². The fourth-order valence-corrected chi connectivity index (χ4v) is 2.33. The lowest BCUT2D eigenvalue weighted by molar-refractivity contribution is -0.141. The van der Waals surface area contributed by atoms with Gasteiger partial charge in [0.15, 0.2) is 0 Å². The summed E-state index contributed by atoms with van der Waals surface area (Å²) < 4.78 is 11.0. The van der Waals surface area contributed by atoms with E-state index in [-0.39, 0.29) is 5.92 Å². The van der Waals surface area contributed by atoms with Gasteiger partial charge in [0.1, 0.15) is 18.1 Å². The maximum absolute atomic E-state index is 10.9. The molecule has 1 fully saturated rings. The van der Waals surface area contributed by atoms with Gasteiger partial charge in [0.05, 0.1) is 12.5 Å². The molecule has 0 saturated carbocycles. The van der Waals surface area contributed by atoms with Gasteiger partial charge in [-0.15, -0.1) is 0 Å². The maximum atomic E-state index is 10.9. The minimum Gasteiger partial charge on any atom is -0.494 e. The van der Waals surface area contributed by atoms with Crippen molar-refractivity contribution in [2.75, 3.05) is 32.8 Å². The molecule has 5 heteroatoms. The predicted molar refractivity (Wildman–Crippen MR) is 75.3 cm³/mol. The van der Waals surface area contributed by atoms with Crippen LogP contribution in [0.5, 0.6) is 11.5 Å². The Morgan fingerprint density at radius 3 is 2.50 bits per heavy atom. The molecule has 1 unspecified atom stereocenters. The highest BCUT2D eigenvalue weighted by atomic mass is 16.5. The quantitative estimate of drug-likeness (QED) is 0.825. The Labute approximate surface area is 119 Å². The maximum Gasteiger partial charge on any atom is 0.307 e. The first-order valence-electron chi connectivity index (χ1n) is 7.00. The lowest BCUT2D eigenvalue weighted by Gasteiger charge is -2.15. The molecule has 0 bridgehead atoms. The molecule has 1 saturated heterocycles. The highest BCUT2D eigenvalue weighted by molar-refractivity contribution is 5.70. The molecule has 1 aliphatic heterocycles. The number of hydrogen-bond acceptors (Lipinski definition) is 4. The number of carboxylic acid groups (broad SMARTS) is 1. The van der Waals surface area contributed by atoms with Crippen molar-refractivity contribution in [2.24, 2.45) is 5.92 Å². The minimum absolute atomic E-state index is 0.222. The number of carboxylic acids is 1. The van der Waals surface area contributed by atoms with Gasteiger partial charge >= 0.3 is 5.97 Å². The summed E-state index contributed by atoms with van der Waals surface area (Å²) in [5, 5.41) is 8.93. The molecule has 0 amide bonds.